The molecule has 5 nitrogen and oxygen atoms in total. The van der Waals surface area contributed by atoms with Gasteiger partial charge in [0.25, 0.3) is 0 Å². The van der Waals surface area contributed by atoms with E-state index in [1.165, 1.54) is 25.7 Å². The second kappa shape index (κ2) is 16.8. The molecule has 0 fully saturated rings. The van der Waals surface area contributed by atoms with Gasteiger partial charge in [-0.15, -0.1) is 24.0 Å². The van der Waals surface area contributed by atoms with Gasteiger partial charge in [0.2, 0.25) is 0 Å². The lowest BCUT2D eigenvalue weighted by molar-refractivity contribution is 0.0698. The van der Waals surface area contributed by atoms with Crippen LogP contribution in [0.4, 0.5) is 0 Å². The number of methoxy groups -OCH3 is 1. The smallest absolute Gasteiger partial charge is 0.190 e. The topological polar surface area (TPSA) is 54.9 Å². The number of hydrogen-bond donors (Lipinski definition) is 2. The summed E-state index contributed by atoms with van der Waals surface area (Å²) in [7, 11) is 3.50. The average molecular weight is 443 g/mol. The fraction of sp³-hybridized carbons (Fsp3) is 0.941. The summed E-state index contributed by atoms with van der Waals surface area (Å²) in [4.78, 5) is 4.27. The van der Waals surface area contributed by atoms with Gasteiger partial charge in [0.1, 0.15) is 0 Å². The molecule has 0 saturated heterocycles. The number of aliphatic imine (C=N–C) groups is 1. The monoisotopic (exact) mass is 443 g/mol. The van der Waals surface area contributed by atoms with E-state index in [0.29, 0.717) is 18.6 Å². The van der Waals surface area contributed by atoms with E-state index in [4.69, 9.17) is 9.47 Å². The van der Waals surface area contributed by atoms with Crippen LogP contribution >= 0.6 is 24.0 Å². The quantitative estimate of drug-likeness (QED) is 0.198. The van der Waals surface area contributed by atoms with Crippen LogP contribution in [0.5, 0.6) is 0 Å². The third kappa shape index (κ3) is 16.6. The highest BCUT2D eigenvalue weighted by Gasteiger charge is 2.17. The molecule has 0 atom stereocenters. The van der Waals surface area contributed by atoms with Gasteiger partial charge in [0, 0.05) is 33.9 Å². The maximum atomic E-state index is 5.43. The van der Waals surface area contributed by atoms with E-state index in [1.54, 1.807) is 7.11 Å². The lowest BCUT2D eigenvalue weighted by atomic mass is 9.87. The van der Waals surface area contributed by atoms with Crippen molar-refractivity contribution in [1.82, 2.24) is 10.6 Å². The highest BCUT2D eigenvalue weighted by molar-refractivity contribution is 14.0. The molecule has 0 aliphatic heterocycles. The number of unbranched alkanes of at least 4 members (excludes halogenated alkanes) is 2. The highest BCUT2D eigenvalue weighted by Crippen LogP contribution is 2.22. The zero-order chi connectivity index (χ0) is 16.7. The normalized spacial score (nSPS) is 12.0. The van der Waals surface area contributed by atoms with Crippen molar-refractivity contribution in [3.63, 3.8) is 0 Å². The van der Waals surface area contributed by atoms with Crippen LogP contribution < -0.4 is 10.6 Å². The second-order valence-electron chi connectivity index (χ2n) is 6.43. The lowest BCUT2D eigenvalue weighted by Gasteiger charge is -2.26. The number of halogens is 1. The third-order valence-corrected chi connectivity index (χ3v) is 3.60. The fourth-order valence-corrected chi connectivity index (χ4v) is 2.11. The molecule has 0 bridgehead atoms. The summed E-state index contributed by atoms with van der Waals surface area (Å²) in [6.07, 6.45) is 6.11. The first kappa shape index (κ1) is 25.2. The molecule has 0 radical (unpaired) electrons. The number of nitrogens with zero attached hydrogens (tertiary/aromatic N) is 1. The number of guanidine groups is 1. The van der Waals surface area contributed by atoms with Gasteiger partial charge in [0.05, 0.1) is 13.2 Å². The highest BCUT2D eigenvalue weighted by atomic mass is 127. The minimum atomic E-state index is 0. The fourth-order valence-electron chi connectivity index (χ4n) is 2.11. The summed E-state index contributed by atoms with van der Waals surface area (Å²) in [5, 5.41) is 6.75. The minimum Gasteiger partial charge on any atom is -0.382 e. The van der Waals surface area contributed by atoms with Crippen LogP contribution in [0.15, 0.2) is 4.99 Å². The van der Waals surface area contributed by atoms with Crippen molar-refractivity contribution in [2.75, 3.05) is 47.1 Å². The Morgan fingerprint density at radius 2 is 1.78 bits per heavy atom. The second-order valence-corrected chi connectivity index (χ2v) is 6.43. The Balaban J connectivity index is 0. The third-order valence-electron chi connectivity index (χ3n) is 3.60. The Bertz CT molecular complexity index is 287. The van der Waals surface area contributed by atoms with Gasteiger partial charge in [-0.1, -0.05) is 40.0 Å². The van der Waals surface area contributed by atoms with E-state index in [9.17, 15) is 0 Å². The summed E-state index contributed by atoms with van der Waals surface area (Å²) < 4.78 is 10.4. The molecule has 0 aromatic carbocycles. The first-order chi connectivity index (χ1) is 10.6. The first-order valence-corrected chi connectivity index (χ1v) is 8.57. The van der Waals surface area contributed by atoms with Crippen molar-refractivity contribution in [2.45, 2.75) is 52.9 Å². The minimum absolute atomic E-state index is 0. The molecular formula is C17H38IN3O2. The van der Waals surface area contributed by atoms with Gasteiger partial charge in [0.15, 0.2) is 5.96 Å². The van der Waals surface area contributed by atoms with Gasteiger partial charge in [-0.3, -0.25) is 4.99 Å². The van der Waals surface area contributed by atoms with Crippen LogP contribution in [0.2, 0.25) is 0 Å². The van der Waals surface area contributed by atoms with Crippen molar-refractivity contribution >= 4 is 29.9 Å². The molecule has 0 saturated carbocycles. The molecule has 140 valence electrons. The van der Waals surface area contributed by atoms with Crippen LogP contribution in [0, 0.1) is 5.41 Å². The Morgan fingerprint density at radius 3 is 2.39 bits per heavy atom. The molecule has 0 spiro atoms. The Kier molecular flexibility index (Phi) is 18.3. The Morgan fingerprint density at radius 1 is 1.04 bits per heavy atom. The summed E-state index contributed by atoms with van der Waals surface area (Å²) >= 11 is 0. The van der Waals surface area contributed by atoms with Gasteiger partial charge < -0.3 is 20.1 Å². The zero-order valence-corrected chi connectivity index (χ0v) is 18.1. The molecule has 0 aliphatic rings. The first-order valence-electron chi connectivity index (χ1n) is 8.57. The van der Waals surface area contributed by atoms with E-state index in [-0.39, 0.29) is 24.0 Å². The van der Waals surface area contributed by atoms with Gasteiger partial charge in [-0.05, 0) is 18.3 Å². The molecule has 6 heteroatoms. The largest absolute Gasteiger partial charge is 0.382 e. The van der Waals surface area contributed by atoms with E-state index in [1.807, 2.05) is 7.05 Å². The molecule has 0 aliphatic carbocycles. The summed E-state index contributed by atoms with van der Waals surface area (Å²) in [6, 6.07) is 0. The van der Waals surface area contributed by atoms with Crippen molar-refractivity contribution in [2.24, 2.45) is 10.4 Å². The standard InChI is InChI=1S/C17H37N3O2.HI/c1-6-7-8-10-17(2,3)15-20-16(18-4)19-11-9-12-22-14-13-21-5;/h6-15H2,1-5H3,(H2,18,19,20);1H. The van der Waals surface area contributed by atoms with Gasteiger partial charge >= 0.3 is 0 Å². The van der Waals surface area contributed by atoms with Gasteiger partial charge in [-0.25, -0.2) is 0 Å². The predicted molar refractivity (Wildman–Crippen MR) is 110 cm³/mol. The van der Waals surface area contributed by atoms with E-state index >= 15 is 0 Å². The maximum absolute atomic E-state index is 5.43. The molecular weight excluding hydrogens is 405 g/mol. The molecule has 0 unspecified atom stereocenters. The van der Waals surface area contributed by atoms with E-state index in [0.717, 1.165) is 32.1 Å². The molecule has 0 rings (SSSR count). The van der Waals surface area contributed by atoms with Crippen LogP contribution in [-0.2, 0) is 9.47 Å². The molecule has 0 aromatic rings. The van der Waals surface area contributed by atoms with Crippen LogP contribution in [0.1, 0.15) is 52.9 Å². The van der Waals surface area contributed by atoms with Crippen molar-refractivity contribution in [3.05, 3.63) is 0 Å². The Hall–Kier alpha value is -0.0800. The predicted octanol–water partition coefficient (Wildman–Crippen LogP) is 3.43. The average Bonchev–Trinajstić information content (AvgIpc) is 2.49. The van der Waals surface area contributed by atoms with Gasteiger partial charge in [-0.2, -0.15) is 0 Å². The SMILES string of the molecule is CCCCCC(C)(C)CNC(=NC)NCCCOCCOC.I. The lowest BCUT2D eigenvalue weighted by Crippen LogP contribution is -2.42. The number of rotatable bonds is 13. The number of ether oxygens (including phenoxy) is 2. The van der Waals surface area contributed by atoms with Crippen LogP contribution in [0.25, 0.3) is 0 Å². The van der Waals surface area contributed by atoms with E-state index in [2.05, 4.69) is 36.4 Å². The van der Waals surface area contributed by atoms with Crippen molar-refractivity contribution < 1.29 is 9.47 Å². The Labute approximate surface area is 160 Å². The van der Waals surface area contributed by atoms with Crippen LogP contribution in [-0.4, -0.2) is 53.0 Å². The summed E-state index contributed by atoms with van der Waals surface area (Å²) in [5.41, 5.74) is 0.302. The molecule has 0 amide bonds. The summed E-state index contributed by atoms with van der Waals surface area (Å²) in [5.74, 6) is 0.875. The van der Waals surface area contributed by atoms with Crippen molar-refractivity contribution in [1.29, 1.82) is 0 Å². The molecule has 2 N–H and O–H groups in total. The maximum Gasteiger partial charge on any atom is 0.190 e. The molecule has 0 aromatic heterocycles. The number of hydrogen-bond acceptors (Lipinski definition) is 3. The number of nitrogens with one attached hydrogen (secondary N) is 2. The molecule has 23 heavy (non-hydrogen) atoms. The zero-order valence-electron chi connectivity index (χ0n) is 15.7. The van der Waals surface area contributed by atoms with Crippen LogP contribution in [0.3, 0.4) is 0 Å². The summed E-state index contributed by atoms with van der Waals surface area (Å²) in [6.45, 7) is 10.7. The van der Waals surface area contributed by atoms with Crippen molar-refractivity contribution in [3.8, 4) is 0 Å². The van der Waals surface area contributed by atoms with E-state index < -0.39 is 0 Å². The molecule has 0 heterocycles.